The van der Waals surface area contributed by atoms with Gasteiger partial charge in [0, 0.05) is 12.1 Å². The highest BCUT2D eigenvalue weighted by molar-refractivity contribution is 5.90. The van der Waals surface area contributed by atoms with Crippen LogP contribution in [0.1, 0.15) is 96.8 Å². The Bertz CT molecular complexity index is 447. The van der Waals surface area contributed by atoms with Crippen molar-refractivity contribution >= 4 is 11.6 Å². The van der Waals surface area contributed by atoms with Gasteiger partial charge >= 0.3 is 0 Å². The van der Waals surface area contributed by atoms with Gasteiger partial charge in [-0.15, -0.1) is 0 Å². The molecule has 0 aliphatic rings. The molecule has 1 rings (SSSR count). The number of unbranched alkanes of at least 4 members (excludes halogenated alkanes) is 10. The van der Waals surface area contributed by atoms with E-state index < -0.39 is 0 Å². The van der Waals surface area contributed by atoms with Gasteiger partial charge in [-0.25, -0.2) is 0 Å². The van der Waals surface area contributed by atoms with Crippen molar-refractivity contribution < 1.29 is 9.90 Å². The second-order valence-electron chi connectivity index (χ2n) is 7.43. The van der Waals surface area contributed by atoms with Crippen LogP contribution in [0.5, 0.6) is 0 Å². The molecule has 1 aromatic carbocycles. The van der Waals surface area contributed by atoms with Crippen molar-refractivity contribution in [3.8, 4) is 0 Å². The Morgan fingerprint density at radius 1 is 0.846 bits per heavy atom. The number of para-hydroxylation sites is 1. The summed E-state index contributed by atoms with van der Waals surface area (Å²) in [7, 11) is 0. The van der Waals surface area contributed by atoms with Crippen molar-refractivity contribution in [2.75, 3.05) is 5.32 Å². The molecule has 1 amide bonds. The number of nitrogens with one attached hydrogen (secondary N) is 1. The van der Waals surface area contributed by atoms with Gasteiger partial charge in [0.15, 0.2) is 0 Å². The Morgan fingerprint density at radius 3 is 1.96 bits per heavy atom. The second-order valence-corrected chi connectivity index (χ2v) is 7.43. The maximum Gasteiger partial charge on any atom is 0.224 e. The van der Waals surface area contributed by atoms with Crippen LogP contribution < -0.4 is 5.32 Å². The van der Waals surface area contributed by atoms with Crippen LogP contribution in [0, 0.1) is 0 Å². The van der Waals surface area contributed by atoms with Crippen LogP contribution in [0.4, 0.5) is 5.69 Å². The van der Waals surface area contributed by atoms with Crippen molar-refractivity contribution in [1.29, 1.82) is 0 Å². The van der Waals surface area contributed by atoms with E-state index >= 15 is 0 Å². The summed E-state index contributed by atoms with van der Waals surface area (Å²) in [6, 6.07) is 9.47. The lowest BCUT2D eigenvalue weighted by atomic mass is 10.0. The number of carbonyl (C=O) groups excluding carboxylic acids is 1. The van der Waals surface area contributed by atoms with Gasteiger partial charge in [0.1, 0.15) is 0 Å². The van der Waals surface area contributed by atoms with Crippen LogP contribution in [0.25, 0.3) is 0 Å². The third kappa shape index (κ3) is 12.9. The molecule has 0 spiro atoms. The molecule has 0 saturated heterocycles. The predicted octanol–water partition coefficient (Wildman–Crippen LogP) is 6.47. The number of carbonyl (C=O) groups is 1. The minimum absolute atomic E-state index is 0.0193. The van der Waals surface area contributed by atoms with Gasteiger partial charge in [0.05, 0.1) is 6.10 Å². The molecule has 0 saturated carbocycles. The van der Waals surface area contributed by atoms with Gasteiger partial charge < -0.3 is 10.4 Å². The number of aliphatic hydroxyl groups excluding tert-OH is 1. The Hall–Kier alpha value is -1.35. The molecule has 26 heavy (non-hydrogen) atoms. The Morgan fingerprint density at radius 2 is 1.38 bits per heavy atom. The van der Waals surface area contributed by atoms with Gasteiger partial charge in [0.2, 0.25) is 5.91 Å². The van der Waals surface area contributed by atoms with Gasteiger partial charge in [0.25, 0.3) is 0 Å². The molecule has 0 aliphatic heterocycles. The molecule has 1 atom stereocenters. The van der Waals surface area contributed by atoms with Gasteiger partial charge in [-0.05, 0) is 25.0 Å². The van der Waals surface area contributed by atoms with E-state index in [9.17, 15) is 9.90 Å². The van der Waals surface area contributed by atoms with E-state index in [1.54, 1.807) is 0 Å². The average molecular weight is 362 g/mol. The normalized spacial score (nSPS) is 12.1. The van der Waals surface area contributed by atoms with Crippen LogP contribution in [0.3, 0.4) is 0 Å². The van der Waals surface area contributed by atoms with Crippen LogP contribution in [0.2, 0.25) is 0 Å². The first-order valence-electron chi connectivity index (χ1n) is 10.8. The van der Waals surface area contributed by atoms with Crippen molar-refractivity contribution in [3.63, 3.8) is 0 Å². The van der Waals surface area contributed by atoms with Gasteiger partial charge in [-0.3, -0.25) is 4.79 Å². The molecular weight excluding hydrogens is 322 g/mol. The highest BCUT2D eigenvalue weighted by Gasteiger charge is 2.08. The van der Waals surface area contributed by atoms with Crippen LogP contribution in [-0.4, -0.2) is 17.1 Å². The molecule has 148 valence electrons. The molecule has 0 bridgehead atoms. The number of amides is 1. The summed E-state index contributed by atoms with van der Waals surface area (Å²) >= 11 is 0. The smallest absolute Gasteiger partial charge is 0.224 e. The largest absolute Gasteiger partial charge is 0.393 e. The van der Waals surface area contributed by atoms with E-state index in [-0.39, 0.29) is 12.0 Å². The molecule has 0 heterocycles. The topological polar surface area (TPSA) is 49.3 Å². The summed E-state index contributed by atoms with van der Waals surface area (Å²) in [5.74, 6) is -0.0193. The molecule has 3 nitrogen and oxygen atoms in total. The number of aliphatic hydroxyl groups is 1. The van der Waals surface area contributed by atoms with Crippen molar-refractivity contribution in [3.05, 3.63) is 30.3 Å². The molecule has 0 radical (unpaired) electrons. The fourth-order valence-corrected chi connectivity index (χ4v) is 3.23. The predicted molar refractivity (Wildman–Crippen MR) is 111 cm³/mol. The minimum atomic E-state index is -0.352. The zero-order valence-electron chi connectivity index (χ0n) is 16.7. The maximum atomic E-state index is 11.9. The fraction of sp³-hybridized carbons (Fsp3) is 0.696. The summed E-state index contributed by atoms with van der Waals surface area (Å²) in [4.78, 5) is 11.9. The Kier molecular flexibility index (Phi) is 13.8. The first-order valence-corrected chi connectivity index (χ1v) is 10.8. The Balaban J connectivity index is 1.89. The van der Waals surface area contributed by atoms with E-state index in [1.165, 1.54) is 64.2 Å². The first-order chi connectivity index (χ1) is 12.7. The third-order valence-electron chi connectivity index (χ3n) is 4.90. The number of anilines is 1. The SMILES string of the molecule is CCCCCCCCCCCCCC(O)CCC(=O)Nc1ccccc1. The first kappa shape index (κ1) is 22.7. The quantitative estimate of drug-likeness (QED) is 0.332. The van der Waals surface area contributed by atoms with Crippen molar-refractivity contribution in [1.82, 2.24) is 0 Å². The summed E-state index contributed by atoms with van der Waals surface area (Å²) in [5, 5.41) is 12.9. The van der Waals surface area contributed by atoms with Gasteiger partial charge in [-0.1, -0.05) is 95.8 Å². The molecule has 1 aromatic rings. The second kappa shape index (κ2) is 15.9. The molecule has 1 unspecified atom stereocenters. The van der Waals surface area contributed by atoms with E-state index in [2.05, 4.69) is 12.2 Å². The van der Waals surface area contributed by atoms with E-state index in [0.29, 0.717) is 12.8 Å². The number of hydrogen-bond donors (Lipinski definition) is 2. The van der Waals surface area contributed by atoms with Crippen LogP contribution in [-0.2, 0) is 4.79 Å². The van der Waals surface area contributed by atoms with E-state index in [0.717, 1.165) is 18.5 Å². The molecule has 2 N–H and O–H groups in total. The molecule has 3 heteroatoms. The maximum absolute atomic E-state index is 11.9. The highest BCUT2D eigenvalue weighted by atomic mass is 16.3. The lowest BCUT2D eigenvalue weighted by Gasteiger charge is -2.10. The van der Waals surface area contributed by atoms with Gasteiger partial charge in [-0.2, -0.15) is 0 Å². The summed E-state index contributed by atoms with van der Waals surface area (Å²) in [6.45, 7) is 2.26. The van der Waals surface area contributed by atoms with Crippen molar-refractivity contribution in [2.45, 2.75) is 103 Å². The fourth-order valence-electron chi connectivity index (χ4n) is 3.23. The average Bonchev–Trinajstić information content (AvgIpc) is 2.65. The van der Waals surface area contributed by atoms with E-state index in [1.807, 2.05) is 30.3 Å². The molecular formula is C23H39NO2. The number of rotatable bonds is 16. The summed E-state index contributed by atoms with van der Waals surface area (Å²) in [5.41, 5.74) is 0.817. The highest BCUT2D eigenvalue weighted by Crippen LogP contribution is 2.14. The summed E-state index contributed by atoms with van der Waals surface area (Å²) < 4.78 is 0. The zero-order chi connectivity index (χ0) is 18.9. The lowest BCUT2D eigenvalue weighted by molar-refractivity contribution is -0.116. The van der Waals surface area contributed by atoms with Crippen LogP contribution in [0.15, 0.2) is 30.3 Å². The van der Waals surface area contributed by atoms with Crippen molar-refractivity contribution in [2.24, 2.45) is 0 Å². The minimum Gasteiger partial charge on any atom is -0.393 e. The molecule has 0 aromatic heterocycles. The van der Waals surface area contributed by atoms with Crippen LogP contribution >= 0.6 is 0 Å². The standard InChI is InChI=1S/C23H39NO2/c1-2-3-4-5-6-7-8-9-10-11-15-18-22(25)19-20-23(26)24-21-16-13-12-14-17-21/h12-14,16-17,22,25H,2-11,15,18-20H2,1H3,(H,24,26). The number of hydrogen-bond acceptors (Lipinski definition) is 2. The molecule has 0 aliphatic carbocycles. The zero-order valence-corrected chi connectivity index (χ0v) is 16.7. The lowest BCUT2D eigenvalue weighted by Crippen LogP contribution is -2.15. The van der Waals surface area contributed by atoms with E-state index in [4.69, 9.17) is 0 Å². The monoisotopic (exact) mass is 361 g/mol. The summed E-state index contributed by atoms with van der Waals surface area (Å²) in [6.07, 6.45) is 15.9. The number of benzene rings is 1. The molecule has 0 fully saturated rings. The Labute approximate surface area is 160 Å². The third-order valence-corrected chi connectivity index (χ3v) is 4.90.